The quantitative estimate of drug-likeness (QED) is 0.802. The minimum absolute atomic E-state index is 0.604. The van der Waals surface area contributed by atoms with Gasteiger partial charge in [0.25, 0.3) is 0 Å². The zero-order chi connectivity index (χ0) is 12.0. The van der Waals surface area contributed by atoms with Gasteiger partial charge in [-0.3, -0.25) is 0 Å². The van der Waals surface area contributed by atoms with Crippen LogP contribution in [0.15, 0.2) is 22.7 Å². The molecule has 0 saturated heterocycles. The number of anilines is 1. The van der Waals surface area contributed by atoms with Crippen LogP contribution in [0.5, 0.6) is 0 Å². The second-order valence-corrected chi connectivity index (χ2v) is 5.16. The number of nitrogens with one attached hydrogen (secondary N) is 1. The van der Waals surface area contributed by atoms with Crippen LogP contribution in [-0.2, 0) is 4.74 Å². The zero-order valence-electron chi connectivity index (χ0n) is 10.2. The molecule has 0 aliphatic rings. The number of hydrogen-bond donors (Lipinski definition) is 1. The van der Waals surface area contributed by atoms with Crippen LogP contribution in [0.25, 0.3) is 0 Å². The van der Waals surface area contributed by atoms with Gasteiger partial charge in [0, 0.05) is 23.3 Å². The van der Waals surface area contributed by atoms with Gasteiger partial charge in [0.05, 0.1) is 6.61 Å². The molecule has 0 amide bonds. The first-order chi connectivity index (χ1) is 7.61. The highest BCUT2D eigenvalue weighted by Gasteiger charge is 2.00. The molecule has 1 aromatic carbocycles. The first-order valence-corrected chi connectivity index (χ1v) is 6.47. The summed E-state index contributed by atoms with van der Waals surface area (Å²) in [5, 5.41) is 3.37. The Morgan fingerprint density at radius 3 is 2.81 bits per heavy atom. The highest BCUT2D eigenvalue weighted by molar-refractivity contribution is 9.10. The van der Waals surface area contributed by atoms with Gasteiger partial charge in [0.1, 0.15) is 0 Å². The van der Waals surface area contributed by atoms with E-state index in [0.29, 0.717) is 5.92 Å². The van der Waals surface area contributed by atoms with E-state index in [1.54, 1.807) is 0 Å². The van der Waals surface area contributed by atoms with Crippen LogP contribution in [-0.4, -0.2) is 19.8 Å². The minimum Gasteiger partial charge on any atom is -0.382 e. The number of rotatable bonds is 6. The van der Waals surface area contributed by atoms with Crippen molar-refractivity contribution in [1.82, 2.24) is 0 Å². The van der Waals surface area contributed by atoms with Gasteiger partial charge in [0.2, 0.25) is 0 Å². The average molecular weight is 286 g/mol. The maximum absolute atomic E-state index is 5.51. The second kappa shape index (κ2) is 6.92. The Morgan fingerprint density at radius 1 is 1.38 bits per heavy atom. The standard InChI is InChI=1S/C13H20BrNO/c1-10(2)9-16-8-7-15-13-6-4-5-12(14)11(13)3/h4-6,10,15H,7-9H2,1-3H3. The molecule has 0 bridgehead atoms. The molecule has 0 aromatic heterocycles. The Balaban J connectivity index is 2.29. The largest absolute Gasteiger partial charge is 0.382 e. The topological polar surface area (TPSA) is 21.3 Å². The first kappa shape index (κ1) is 13.5. The molecular weight excluding hydrogens is 266 g/mol. The third kappa shape index (κ3) is 4.54. The fourth-order valence-corrected chi connectivity index (χ4v) is 1.74. The summed E-state index contributed by atoms with van der Waals surface area (Å²) in [4.78, 5) is 0. The zero-order valence-corrected chi connectivity index (χ0v) is 11.8. The van der Waals surface area contributed by atoms with E-state index in [-0.39, 0.29) is 0 Å². The Hall–Kier alpha value is -0.540. The van der Waals surface area contributed by atoms with E-state index in [2.05, 4.69) is 54.2 Å². The van der Waals surface area contributed by atoms with Crippen LogP contribution in [0.2, 0.25) is 0 Å². The lowest BCUT2D eigenvalue weighted by Crippen LogP contribution is -2.12. The molecule has 0 unspecified atom stereocenters. The van der Waals surface area contributed by atoms with E-state index in [0.717, 1.165) is 24.2 Å². The molecule has 90 valence electrons. The summed E-state index contributed by atoms with van der Waals surface area (Å²) in [6.45, 7) is 8.85. The molecule has 3 heteroatoms. The maximum atomic E-state index is 5.51. The van der Waals surface area contributed by atoms with Gasteiger partial charge in [-0.05, 0) is 30.5 Å². The summed E-state index contributed by atoms with van der Waals surface area (Å²) in [7, 11) is 0. The van der Waals surface area contributed by atoms with Gasteiger partial charge in [-0.15, -0.1) is 0 Å². The average Bonchev–Trinajstić information content (AvgIpc) is 2.23. The van der Waals surface area contributed by atoms with Crippen molar-refractivity contribution in [2.45, 2.75) is 20.8 Å². The van der Waals surface area contributed by atoms with Crippen molar-refractivity contribution in [3.05, 3.63) is 28.2 Å². The lowest BCUT2D eigenvalue weighted by Gasteiger charge is -2.11. The third-order valence-electron chi connectivity index (χ3n) is 2.28. The van der Waals surface area contributed by atoms with E-state index in [9.17, 15) is 0 Å². The molecule has 2 nitrogen and oxygen atoms in total. The first-order valence-electron chi connectivity index (χ1n) is 5.68. The fraction of sp³-hybridized carbons (Fsp3) is 0.538. The predicted octanol–water partition coefficient (Wildman–Crippen LogP) is 3.84. The fourth-order valence-electron chi connectivity index (χ4n) is 1.38. The van der Waals surface area contributed by atoms with Crippen molar-refractivity contribution < 1.29 is 4.74 Å². The molecule has 0 atom stereocenters. The molecular formula is C13H20BrNO. The van der Waals surface area contributed by atoms with E-state index >= 15 is 0 Å². The highest BCUT2D eigenvalue weighted by Crippen LogP contribution is 2.23. The Morgan fingerprint density at radius 2 is 2.12 bits per heavy atom. The van der Waals surface area contributed by atoms with Gasteiger partial charge in [-0.2, -0.15) is 0 Å². The Labute approximate surface area is 107 Å². The van der Waals surface area contributed by atoms with Crippen molar-refractivity contribution in [3.63, 3.8) is 0 Å². The van der Waals surface area contributed by atoms with Crippen molar-refractivity contribution >= 4 is 21.6 Å². The van der Waals surface area contributed by atoms with Gasteiger partial charge in [0.15, 0.2) is 0 Å². The predicted molar refractivity (Wildman–Crippen MR) is 73.0 cm³/mol. The molecule has 0 fully saturated rings. The molecule has 0 spiro atoms. The molecule has 1 rings (SSSR count). The van der Waals surface area contributed by atoms with Crippen molar-refractivity contribution in [3.8, 4) is 0 Å². The van der Waals surface area contributed by atoms with E-state index in [1.165, 1.54) is 11.3 Å². The summed E-state index contributed by atoms with van der Waals surface area (Å²) in [5.41, 5.74) is 2.41. The summed E-state index contributed by atoms with van der Waals surface area (Å²) in [5.74, 6) is 0.604. The van der Waals surface area contributed by atoms with E-state index < -0.39 is 0 Å². The number of hydrogen-bond acceptors (Lipinski definition) is 2. The Kier molecular flexibility index (Phi) is 5.85. The van der Waals surface area contributed by atoms with Crippen LogP contribution in [0.3, 0.4) is 0 Å². The van der Waals surface area contributed by atoms with Gasteiger partial charge in [-0.1, -0.05) is 35.8 Å². The van der Waals surface area contributed by atoms with Gasteiger partial charge >= 0.3 is 0 Å². The van der Waals surface area contributed by atoms with E-state index in [4.69, 9.17) is 4.74 Å². The maximum Gasteiger partial charge on any atom is 0.0639 e. The lowest BCUT2D eigenvalue weighted by molar-refractivity contribution is 0.118. The second-order valence-electron chi connectivity index (χ2n) is 4.31. The third-order valence-corrected chi connectivity index (χ3v) is 3.14. The molecule has 0 radical (unpaired) electrons. The van der Waals surface area contributed by atoms with Gasteiger partial charge < -0.3 is 10.1 Å². The van der Waals surface area contributed by atoms with Crippen LogP contribution in [0.4, 0.5) is 5.69 Å². The molecule has 1 N–H and O–H groups in total. The highest BCUT2D eigenvalue weighted by atomic mass is 79.9. The molecule has 0 aliphatic heterocycles. The number of benzene rings is 1. The monoisotopic (exact) mass is 285 g/mol. The van der Waals surface area contributed by atoms with Crippen LogP contribution < -0.4 is 5.32 Å². The van der Waals surface area contributed by atoms with Crippen LogP contribution in [0.1, 0.15) is 19.4 Å². The van der Waals surface area contributed by atoms with Crippen LogP contribution in [0, 0.1) is 12.8 Å². The SMILES string of the molecule is Cc1c(Br)cccc1NCCOCC(C)C. The van der Waals surface area contributed by atoms with E-state index in [1.807, 2.05) is 6.07 Å². The normalized spacial score (nSPS) is 10.8. The van der Waals surface area contributed by atoms with Crippen molar-refractivity contribution in [2.24, 2.45) is 5.92 Å². The summed E-state index contributed by atoms with van der Waals surface area (Å²) >= 11 is 3.52. The molecule has 0 aliphatic carbocycles. The summed E-state index contributed by atoms with van der Waals surface area (Å²) < 4.78 is 6.65. The smallest absolute Gasteiger partial charge is 0.0639 e. The number of ether oxygens (including phenoxy) is 1. The minimum atomic E-state index is 0.604. The lowest BCUT2D eigenvalue weighted by atomic mass is 10.2. The Bertz CT molecular complexity index is 326. The molecule has 0 heterocycles. The molecule has 16 heavy (non-hydrogen) atoms. The number of halogens is 1. The van der Waals surface area contributed by atoms with Crippen LogP contribution >= 0.6 is 15.9 Å². The van der Waals surface area contributed by atoms with Crippen molar-refractivity contribution in [1.29, 1.82) is 0 Å². The molecule has 1 aromatic rings. The summed E-state index contributed by atoms with van der Waals surface area (Å²) in [6.07, 6.45) is 0. The van der Waals surface area contributed by atoms with Gasteiger partial charge in [-0.25, -0.2) is 0 Å². The summed E-state index contributed by atoms with van der Waals surface area (Å²) in [6, 6.07) is 6.17. The molecule has 0 saturated carbocycles. The van der Waals surface area contributed by atoms with Crippen molar-refractivity contribution in [2.75, 3.05) is 25.1 Å².